The second-order valence-electron chi connectivity index (χ2n) is 23.4. The van der Waals surface area contributed by atoms with Crippen molar-refractivity contribution in [3.05, 3.63) is 12.2 Å². The predicted molar refractivity (Wildman–Crippen MR) is 314 cm³/mol. The van der Waals surface area contributed by atoms with Crippen LogP contribution < -0.4 is 0 Å². The van der Waals surface area contributed by atoms with Crippen molar-refractivity contribution in [3.8, 4) is 0 Å². The topological polar surface area (TPSA) is 108 Å². The normalized spacial score (nSPS) is 12.7. The third-order valence-corrected chi connectivity index (χ3v) is 14.8. The SMILES string of the molecule is CCCCCCCCCC/C=C\CCCCCCCCCCCCCCCCCCCCCCCC(=O)OC(COC(=O)CCCCCCCCCCCCCCCCCC)COC(OCC[N+](C)(C)C)C(=O)O. The number of hydrogen-bond donors (Lipinski definition) is 1. The summed E-state index contributed by atoms with van der Waals surface area (Å²) in [5, 5.41) is 9.71. The molecule has 0 saturated carbocycles. The molecule has 0 rings (SSSR count). The molecule has 2 atom stereocenters. The highest BCUT2D eigenvalue weighted by atomic mass is 16.7. The van der Waals surface area contributed by atoms with Crippen molar-refractivity contribution in [2.24, 2.45) is 0 Å². The van der Waals surface area contributed by atoms with Crippen molar-refractivity contribution in [1.29, 1.82) is 0 Å². The van der Waals surface area contributed by atoms with Gasteiger partial charge in [-0.15, -0.1) is 0 Å². The summed E-state index contributed by atoms with van der Waals surface area (Å²) in [4.78, 5) is 37.5. The number of quaternary nitrogens is 1. The van der Waals surface area contributed by atoms with E-state index in [0.717, 1.165) is 38.5 Å². The lowest BCUT2D eigenvalue weighted by Crippen LogP contribution is -2.40. The van der Waals surface area contributed by atoms with Crippen LogP contribution in [-0.2, 0) is 33.3 Å². The van der Waals surface area contributed by atoms with Gasteiger partial charge in [0, 0.05) is 12.8 Å². The van der Waals surface area contributed by atoms with Crippen molar-refractivity contribution >= 4 is 17.9 Å². The maximum absolute atomic E-state index is 12.9. The first-order chi connectivity index (χ1) is 36.1. The van der Waals surface area contributed by atoms with E-state index >= 15 is 0 Å². The number of carbonyl (C=O) groups excluding carboxylic acids is 2. The summed E-state index contributed by atoms with van der Waals surface area (Å²) in [5.74, 6) is -1.97. The number of carbonyl (C=O) groups is 3. The van der Waals surface area contributed by atoms with Gasteiger partial charge < -0.3 is 28.5 Å². The Morgan fingerprint density at radius 2 is 0.689 bits per heavy atom. The Balaban J connectivity index is 4.02. The molecule has 9 nitrogen and oxygen atoms in total. The van der Waals surface area contributed by atoms with Gasteiger partial charge in [0.05, 0.1) is 34.4 Å². The fraction of sp³-hybridized carbons (Fsp3) is 0.923. The number of unbranched alkanes of at least 4 members (excludes halogenated alkanes) is 44. The number of ether oxygens (including phenoxy) is 4. The average molecular weight is 1050 g/mol. The fourth-order valence-corrected chi connectivity index (χ4v) is 9.78. The minimum Gasteiger partial charge on any atom is -0.477 e. The van der Waals surface area contributed by atoms with Gasteiger partial charge in [0.15, 0.2) is 6.10 Å². The molecule has 0 spiro atoms. The van der Waals surface area contributed by atoms with Gasteiger partial charge >= 0.3 is 17.9 Å². The number of allylic oxidation sites excluding steroid dienone is 2. The van der Waals surface area contributed by atoms with E-state index in [-0.39, 0.29) is 38.2 Å². The molecule has 1 N–H and O–H groups in total. The summed E-state index contributed by atoms with van der Waals surface area (Å²) in [6.45, 7) is 4.94. The van der Waals surface area contributed by atoms with E-state index in [4.69, 9.17) is 18.9 Å². The smallest absolute Gasteiger partial charge is 0.361 e. The van der Waals surface area contributed by atoms with Gasteiger partial charge in [-0.05, 0) is 38.5 Å². The van der Waals surface area contributed by atoms with Crippen molar-refractivity contribution in [3.63, 3.8) is 0 Å². The lowest BCUT2D eigenvalue weighted by molar-refractivity contribution is -0.870. The second-order valence-corrected chi connectivity index (χ2v) is 23.4. The number of esters is 2. The highest BCUT2D eigenvalue weighted by Crippen LogP contribution is 2.18. The Labute approximate surface area is 459 Å². The van der Waals surface area contributed by atoms with Crippen molar-refractivity contribution in [1.82, 2.24) is 0 Å². The van der Waals surface area contributed by atoms with Gasteiger partial charge in [0.2, 0.25) is 0 Å². The van der Waals surface area contributed by atoms with Gasteiger partial charge in [0.25, 0.3) is 6.29 Å². The zero-order chi connectivity index (χ0) is 54.1. The van der Waals surface area contributed by atoms with Crippen molar-refractivity contribution in [2.45, 2.75) is 341 Å². The van der Waals surface area contributed by atoms with E-state index in [1.54, 1.807) is 0 Å². The molecule has 0 heterocycles. The van der Waals surface area contributed by atoms with Crippen LogP contribution in [-0.4, -0.2) is 87.4 Å². The molecule has 438 valence electrons. The molecule has 0 fully saturated rings. The highest BCUT2D eigenvalue weighted by molar-refractivity contribution is 5.71. The Morgan fingerprint density at radius 1 is 0.392 bits per heavy atom. The molecule has 0 aliphatic rings. The number of carboxylic acids is 1. The molecule has 0 radical (unpaired) electrons. The molecule has 0 aromatic rings. The molecule has 0 bridgehead atoms. The van der Waals surface area contributed by atoms with Gasteiger partial charge in [-0.3, -0.25) is 9.59 Å². The molecular formula is C65H126NO8+. The van der Waals surface area contributed by atoms with E-state index in [1.807, 2.05) is 21.1 Å². The molecule has 9 heteroatoms. The molecular weight excluding hydrogens is 923 g/mol. The summed E-state index contributed by atoms with van der Waals surface area (Å²) in [6, 6.07) is 0. The Hall–Kier alpha value is -1.97. The predicted octanol–water partition coefficient (Wildman–Crippen LogP) is 19.3. The van der Waals surface area contributed by atoms with Crippen LogP contribution in [0.3, 0.4) is 0 Å². The van der Waals surface area contributed by atoms with Crippen LogP contribution in [0.2, 0.25) is 0 Å². The van der Waals surface area contributed by atoms with Gasteiger partial charge in [-0.2, -0.15) is 0 Å². The number of hydrogen-bond acceptors (Lipinski definition) is 7. The van der Waals surface area contributed by atoms with E-state index in [9.17, 15) is 19.5 Å². The standard InChI is InChI=1S/C65H125NO8/c1-6-8-10-12-14-16-18-20-22-24-25-26-27-28-29-30-31-32-33-34-35-36-37-38-39-40-42-44-46-48-50-52-54-56-63(68)74-61(60-73-65(64(69)70)71-58-57-66(3,4)5)59-72-62(67)55-53-51-49-47-45-43-41-23-21-19-17-15-13-11-9-7-2/h24-25,61,65H,6-23,26-60H2,1-5H3/p+1/b25-24-. The quantitative estimate of drug-likeness (QED) is 0.0211. The van der Waals surface area contributed by atoms with Crippen LogP contribution in [0, 0.1) is 0 Å². The molecule has 0 saturated heterocycles. The molecule has 0 aliphatic heterocycles. The van der Waals surface area contributed by atoms with Crippen LogP contribution in [0.15, 0.2) is 12.2 Å². The summed E-state index contributed by atoms with van der Waals surface area (Å²) >= 11 is 0. The monoisotopic (exact) mass is 1050 g/mol. The summed E-state index contributed by atoms with van der Waals surface area (Å²) in [6.07, 6.45) is 64.6. The largest absolute Gasteiger partial charge is 0.477 e. The Bertz CT molecular complexity index is 1220. The van der Waals surface area contributed by atoms with Gasteiger partial charge in [-0.1, -0.05) is 289 Å². The third kappa shape index (κ3) is 57.7. The lowest BCUT2D eigenvalue weighted by Gasteiger charge is -2.25. The number of aliphatic carboxylic acids is 1. The van der Waals surface area contributed by atoms with Crippen LogP contribution in [0.1, 0.15) is 328 Å². The molecule has 0 aromatic heterocycles. The van der Waals surface area contributed by atoms with Crippen LogP contribution in [0.5, 0.6) is 0 Å². The minimum atomic E-state index is -1.50. The van der Waals surface area contributed by atoms with E-state index in [1.165, 1.54) is 263 Å². The van der Waals surface area contributed by atoms with E-state index < -0.39 is 18.4 Å². The average Bonchev–Trinajstić information content (AvgIpc) is 3.37. The zero-order valence-electron chi connectivity index (χ0n) is 50.0. The number of carboxylic acid groups (broad SMARTS) is 1. The molecule has 2 unspecified atom stereocenters. The van der Waals surface area contributed by atoms with Crippen LogP contribution in [0.25, 0.3) is 0 Å². The maximum Gasteiger partial charge on any atom is 0.361 e. The summed E-state index contributed by atoms with van der Waals surface area (Å²) in [5.41, 5.74) is 0. The van der Waals surface area contributed by atoms with Crippen molar-refractivity contribution in [2.75, 3.05) is 47.5 Å². The van der Waals surface area contributed by atoms with Gasteiger partial charge in [-0.25, -0.2) is 4.79 Å². The Kier molecular flexibility index (Phi) is 55.7. The minimum absolute atomic E-state index is 0.174. The summed E-state index contributed by atoms with van der Waals surface area (Å²) in [7, 11) is 5.98. The second kappa shape index (κ2) is 57.2. The van der Waals surface area contributed by atoms with E-state index in [0.29, 0.717) is 17.4 Å². The Morgan fingerprint density at radius 3 is 1.00 bits per heavy atom. The lowest BCUT2D eigenvalue weighted by atomic mass is 10.0. The third-order valence-electron chi connectivity index (χ3n) is 14.8. The van der Waals surface area contributed by atoms with Crippen molar-refractivity contribution < 1.29 is 42.9 Å². The molecule has 0 aromatic carbocycles. The van der Waals surface area contributed by atoms with E-state index in [2.05, 4.69) is 26.0 Å². The summed E-state index contributed by atoms with van der Waals surface area (Å²) < 4.78 is 22.9. The maximum atomic E-state index is 12.9. The van der Waals surface area contributed by atoms with Crippen LogP contribution >= 0.6 is 0 Å². The molecule has 0 aliphatic carbocycles. The van der Waals surface area contributed by atoms with Crippen LogP contribution in [0.4, 0.5) is 0 Å². The zero-order valence-corrected chi connectivity index (χ0v) is 50.0. The first-order valence-electron chi connectivity index (χ1n) is 32.4. The molecule has 74 heavy (non-hydrogen) atoms. The highest BCUT2D eigenvalue weighted by Gasteiger charge is 2.25. The van der Waals surface area contributed by atoms with Gasteiger partial charge in [0.1, 0.15) is 13.2 Å². The number of likely N-dealkylation sites (N-methyl/N-ethyl adjacent to an activating group) is 1. The number of nitrogens with zero attached hydrogens (tertiary/aromatic N) is 1. The first-order valence-corrected chi connectivity index (χ1v) is 32.4. The fourth-order valence-electron chi connectivity index (χ4n) is 9.78. The number of rotatable bonds is 61. The first kappa shape index (κ1) is 72.0. The molecule has 0 amide bonds.